The lowest BCUT2D eigenvalue weighted by molar-refractivity contribution is 1.24. The highest BCUT2D eigenvalue weighted by Crippen LogP contribution is 2.23. The molecule has 0 atom stereocenters. The normalized spacial score (nSPS) is 9.80. The summed E-state index contributed by atoms with van der Waals surface area (Å²) in [5.74, 6) is 0.648. The van der Waals surface area contributed by atoms with Gasteiger partial charge in [-0.2, -0.15) is 0 Å². The van der Waals surface area contributed by atoms with Crippen molar-refractivity contribution in [3.8, 4) is 0 Å². The lowest BCUT2D eigenvalue weighted by atomic mass is 10.6. The highest BCUT2D eigenvalue weighted by Gasteiger charge is 1.93. The number of thiophene rings is 1. The van der Waals surface area contributed by atoms with Crippen LogP contribution in [0.1, 0.15) is 0 Å². The fraction of sp³-hybridized carbons (Fsp3) is 0.333. The Hall–Kier alpha value is 0.270. The lowest BCUT2D eigenvalue weighted by Crippen LogP contribution is -1.99. The van der Waals surface area contributed by atoms with Gasteiger partial charge in [-0.05, 0) is 22.0 Å². The Kier molecular flexibility index (Phi) is 3.52. The fourth-order valence-electron chi connectivity index (χ4n) is 0.576. The van der Waals surface area contributed by atoms with E-state index in [1.165, 1.54) is 0 Å². The van der Waals surface area contributed by atoms with Gasteiger partial charge in [0.1, 0.15) is 0 Å². The molecule has 1 N–H and O–H groups in total. The maximum atomic E-state index is 5.49. The summed E-state index contributed by atoms with van der Waals surface area (Å²) in [6, 6.07) is 2.04. The zero-order chi connectivity index (χ0) is 7.40. The summed E-state index contributed by atoms with van der Waals surface area (Å²) in [7, 11) is 0. The molecule has 1 rings (SSSR count). The molecule has 0 fully saturated rings. The molecule has 1 aromatic rings. The zero-order valence-corrected chi connectivity index (χ0v) is 8.39. The number of alkyl halides is 1. The number of hydrogen-bond acceptors (Lipinski definition) is 2. The third kappa shape index (κ3) is 2.48. The number of nitrogens with one attached hydrogen (secondary N) is 1. The number of rotatable bonds is 3. The van der Waals surface area contributed by atoms with E-state index in [1.54, 1.807) is 11.3 Å². The van der Waals surface area contributed by atoms with Gasteiger partial charge in [-0.3, -0.25) is 0 Å². The van der Waals surface area contributed by atoms with Gasteiger partial charge in [0, 0.05) is 22.3 Å². The molecule has 0 spiro atoms. The van der Waals surface area contributed by atoms with Crippen LogP contribution >= 0.6 is 38.9 Å². The molecule has 10 heavy (non-hydrogen) atoms. The Balaban J connectivity index is 2.42. The van der Waals surface area contributed by atoms with E-state index in [2.05, 4.69) is 21.2 Å². The van der Waals surface area contributed by atoms with E-state index < -0.39 is 0 Å². The third-order valence-electron chi connectivity index (χ3n) is 0.961. The van der Waals surface area contributed by atoms with E-state index in [4.69, 9.17) is 11.6 Å². The lowest BCUT2D eigenvalue weighted by Gasteiger charge is -1.96. The predicted molar refractivity (Wildman–Crippen MR) is 51.2 cm³/mol. The number of hydrogen-bond donors (Lipinski definition) is 1. The molecule has 0 saturated carbocycles. The van der Waals surface area contributed by atoms with E-state index in [-0.39, 0.29) is 0 Å². The molecule has 1 heterocycles. The number of anilines is 1. The molecule has 1 aromatic heterocycles. The molecular weight excluding hydrogens is 233 g/mol. The zero-order valence-electron chi connectivity index (χ0n) is 5.23. The molecule has 1 nitrogen and oxygen atoms in total. The first-order chi connectivity index (χ1) is 4.83. The average molecular weight is 241 g/mol. The van der Waals surface area contributed by atoms with E-state index in [9.17, 15) is 0 Å². The Morgan fingerprint density at radius 1 is 1.70 bits per heavy atom. The summed E-state index contributed by atoms with van der Waals surface area (Å²) >= 11 is 10.5. The van der Waals surface area contributed by atoms with Crippen molar-refractivity contribution in [3.63, 3.8) is 0 Å². The second-order valence-electron chi connectivity index (χ2n) is 1.74. The molecule has 0 unspecified atom stereocenters. The topological polar surface area (TPSA) is 12.0 Å². The molecule has 0 radical (unpaired) electrons. The summed E-state index contributed by atoms with van der Waals surface area (Å²) in [5, 5.41) is 6.37. The van der Waals surface area contributed by atoms with Crippen LogP contribution in [0.3, 0.4) is 0 Å². The molecule has 0 saturated heterocycles. The Bertz CT molecular complexity index is 201. The minimum Gasteiger partial charge on any atom is -0.376 e. The Labute approximate surface area is 77.5 Å². The van der Waals surface area contributed by atoms with Crippen LogP contribution in [-0.2, 0) is 0 Å². The average Bonchev–Trinajstić information content (AvgIpc) is 2.31. The van der Waals surface area contributed by atoms with Crippen molar-refractivity contribution in [1.82, 2.24) is 0 Å². The van der Waals surface area contributed by atoms with Gasteiger partial charge in [0.05, 0.1) is 5.00 Å². The van der Waals surface area contributed by atoms with Crippen molar-refractivity contribution in [3.05, 3.63) is 15.9 Å². The highest BCUT2D eigenvalue weighted by atomic mass is 79.9. The van der Waals surface area contributed by atoms with Crippen LogP contribution in [0, 0.1) is 0 Å². The molecule has 4 heteroatoms. The van der Waals surface area contributed by atoms with Crippen molar-refractivity contribution >= 4 is 43.9 Å². The molecule has 0 amide bonds. The van der Waals surface area contributed by atoms with Crippen molar-refractivity contribution in [1.29, 1.82) is 0 Å². The van der Waals surface area contributed by atoms with Crippen LogP contribution in [0.2, 0.25) is 0 Å². The molecule has 0 aliphatic rings. The van der Waals surface area contributed by atoms with Gasteiger partial charge < -0.3 is 5.32 Å². The van der Waals surface area contributed by atoms with Gasteiger partial charge in [-0.1, -0.05) is 0 Å². The summed E-state index contributed by atoms with van der Waals surface area (Å²) in [4.78, 5) is 0. The third-order valence-corrected chi connectivity index (χ3v) is 2.80. The van der Waals surface area contributed by atoms with Crippen LogP contribution in [0.4, 0.5) is 5.00 Å². The predicted octanol–water partition coefficient (Wildman–Crippen LogP) is 3.16. The van der Waals surface area contributed by atoms with Gasteiger partial charge in [0.2, 0.25) is 0 Å². The van der Waals surface area contributed by atoms with Gasteiger partial charge in [0.25, 0.3) is 0 Å². The molecule has 0 aliphatic carbocycles. The van der Waals surface area contributed by atoms with Crippen molar-refractivity contribution in [2.75, 3.05) is 17.7 Å². The van der Waals surface area contributed by atoms with Crippen LogP contribution in [-0.4, -0.2) is 12.4 Å². The molecule has 0 bridgehead atoms. The minimum absolute atomic E-state index is 0.648. The van der Waals surface area contributed by atoms with Gasteiger partial charge in [-0.15, -0.1) is 22.9 Å². The van der Waals surface area contributed by atoms with Crippen LogP contribution < -0.4 is 5.32 Å². The highest BCUT2D eigenvalue weighted by molar-refractivity contribution is 9.10. The minimum atomic E-state index is 0.648. The summed E-state index contributed by atoms with van der Waals surface area (Å²) in [6.45, 7) is 0.828. The standard InChI is InChI=1S/C6H7BrClNS/c7-5-3-6(10-4-5)9-2-1-8/h3-4,9H,1-2H2. The van der Waals surface area contributed by atoms with E-state index in [0.29, 0.717) is 5.88 Å². The van der Waals surface area contributed by atoms with Crippen molar-refractivity contribution < 1.29 is 0 Å². The second-order valence-corrected chi connectivity index (χ2v) is 3.95. The van der Waals surface area contributed by atoms with Gasteiger partial charge >= 0.3 is 0 Å². The SMILES string of the molecule is ClCCNc1cc(Br)cs1. The first-order valence-corrected chi connectivity index (χ1v) is 5.07. The van der Waals surface area contributed by atoms with Crippen LogP contribution in [0.25, 0.3) is 0 Å². The number of halogens is 2. The largest absolute Gasteiger partial charge is 0.376 e. The van der Waals surface area contributed by atoms with Crippen molar-refractivity contribution in [2.45, 2.75) is 0 Å². The van der Waals surface area contributed by atoms with Gasteiger partial charge in [0.15, 0.2) is 0 Å². The van der Waals surface area contributed by atoms with E-state index in [0.717, 1.165) is 16.0 Å². The maximum Gasteiger partial charge on any atom is 0.0894 e. The van der Waals surface area contributed by atoms with Gasteiger partial charge in [-0.25, -0.2) is 0 Å². The molecular formula is C6H7BrClNS. The van der Waals surface area contributed by atoms with Crippen LogP contribution in [0.5, 0.6) is 0 Å². The second kappa shape index (κ2) is 4.21. The molecule has 0 aliphatic heterocycles. The maximum absolute atomic E-state index is 5.49. The van der Waals surface area contributed by atoms with Crippen molar-refractivity contribution in [2.24, 2.45) is 0 Å². The monoisotopic (exact) mass is 239 g/mol. The van der Waals surface area contributed by atoms with Crippen LogP contribution in [0.15, 0.2) is 15.9 Å². The quantitative estimate of drug-likeness (QED) is 0.801. The smallest absolute Gasteiger partial charge is 0.0894 e. The summed E-state index contributed by atoms with van der Waals surface area (Å²) in [5.41, 5.74) is 0. The first-order valence-electron chi connectivity index (χ1n) is 2.87. The Morgan fingerprint density at radius 2 is 2.50 bits per heavy atom. The van der Waals surface area contributed by atoms with E-state index >= 15 is 0 Å². The van der Waals surface area contributed by atoms with E-state index in [1.807, 2.05) is 11.4 Å². The molecule has 0 aromatic carbocycles. The first kappa shape index (κ1) is 8.37. The summed E-state index contributed by atoms with van der Waals surface area (Å²) < 4.78 is 1.12. The Morgan fingerprint density at radius 3 is 3.00 bits per heavy atom. The molecule has 56 valence electrons. The fourth-order valence-corrected chi connectivity index (χ4v) is 2.02. The summed E-state index contributed by atoms with van der Waals surface area (Å²) in [6.07, 6.45) is 0.